The van der Waals surface area contributed by atoms with Gasteiger partial charge in [-0.25, -0.2) is 4.79 Å². The number of amides is 1. The Bertz CT molecular complexity index is 547. The maximum Gasteiger partial charge on any atom is 0.337 e. The Morgan fingerprint density at radius 2 is 2.22 bits per heavy atom. The lowest BCUT2D eigenvalue weighted by Crippen LogP contribution is -2.41. The average molecular weight is 266 g/mol. The van der Waals surface area contributed by atoms with Crippen LogP contribution in [0.3, 0.4) is 0 Å². The predicted octanol–water partition coefficient (Wildman–Crippen LogP) is 1.74. The highest BCUT2D eigenvalue weighted by Crippen LogP contribution is 2.29. The Hall–Kier alpha value is -1.69. The van der Waals surface area contributed by atoms with Gasteiger partial charge in [-0.3, -0.25) is 9.79 Å². The number of carboxylic acids is 1. The Kier molecular flexibility index (Phi) is 2.98. The molecule has 1 atom stereocenters. The lowest BCUT2D eigenvalue weighted by molar-refractivity contribution is -0.124. The molecule has 6 heteroatoms. The topological polar surface area (TPSA) is 78.8 Å². The van der Waals surface area contributed by atoms with Gasteiger partial charge in [0.25, 0.3) is 5.91 Å². The van der Waals surface area contributed by atoms with E-state index in [1.807, 2.05) is 13.8 Å². The lowest BCUT2D eigenvalue weighted by atomic mass is 9.89. The van der Waals surface area contributed by atoms with Gasteiger partial charge < -0.3 is 10.4 Å². The van der Waals surface area contributed by atoms with Crippen molar-refractivity contribution < 1.29 is 14.7 Å². The first-order valence-corrected chi connectivity index (χ1v) is 6.46. The van der Waals surface area contributed by atoms with Gasteiger partial charge in [0.15, 0.2) is 0 Å². The standard InChI is InChI=1S/C12H14N2O3S/c1-6(2)12(3)11(17)13-9(14-12)8-7(10(15)16)4-5-18-8/h4-6H,1-3H3,(H,15,16)(H,13,14,17). The SMILES string of the molecule is CC(C)C1(C)N=C(c2sccc2C(=O)O)NC1=O. The molecule has 0 aromatic carbocycles. The number of nitrogens with one attached hydrogen (secondary N) is 1. The summed E-state index contributed by atoms with van der Waals surface area (Å²) >= 11 is 1.26. The third-order valence-corrected chi connectivity index (χ3v) is 4.19. The van der Waals surface area contributed by atoms with Gasteiger partial charge in [-0.05, 0) is 24.3 Å². The van der Waals surface area contributed by atoms with Crippen LogP contribution in [0.25, 0.3) is 0 Å². The van der Waals surface area contributed by atoms with E-state index in [1.54, 1.807) is 12.3 Å². The zero-order valence-electron chi connectivity index (χ0n) is 10.4. The van der Waals surface area contributed by atoms with Crippen LogP contribution >= 0.6 is 11.3 Å². The number of carbonyl (C=O) groups excluding carboxylic acids is 1. The molecule has 1 aromatic rings. The summed E-state index contributed by atoms with van der Waals surface area (Å²) in [7, 11) is 0. The van der Waals surface area contributed by atoms with E-state index in [0.29, 0.717) is 10.7 Å². The minimum Gasteiger partial charge on any atom is -0.478 e. The Labute approximate surface area is 109 Å². The smallest absolute Gasteiger partial charge is 0.337 e. The normalized spacial score (nSPS) is 23.1. The van der Waals surface area contributed by atoms with Crippen molar-refractivity contribution in [2.45, 2.75) is 26.3 Å². The van der Waals surface area contributed by atoms with Crippen LogP contribution in [0, 0.1) is 5.92 Å². The number of carbonyl (C=O) groups is 2. The van der Waals surface area contributed by atoms with Gasteiger partial charge in [0.05, 0.1) is 10.4 Å². The molecule has 0 fully saturated rings. The summed E-state index contributed by atoms with van der Waals surface area (Å²) in [5.41, 5.74) is -0.651. The Morgan fingerprint density at radius 3 is 2.72 bits per heavy atom. The molecule has 18 heavy (non-hydrogen) atoms. The minimum absolute atomic E-state index is 0.0447. The summed E-state index contributed by atoms with van der Waals surface area (Å²) < 4.78 is 0. The van der Waals surface area contributed by atoms with Crippen LogP contribution in [-0.4, -0.2) is 28.4 Å². The Balaban J connectivity index is 2.45. The van der Waals surface area contributed by atoms with Crippen molar-refractivity contribution in [1.29, 1.82) is 0 Å². The number of amidine groups is 1. The van der Waals surface area contributed by atoms with Crippen LogP contribution < -0.4 is 5.32 Å². The van der Waals surface area contributed by atoms with Crippen molar-refractivity contribution in [2.75, 3.05) is 0 Å². The first kappa shape index (κ1) is 12.8. The second-order valence-electron chi connectivity index (χ2n) is 4.69. The van der Waals surface area contributed by atoms with Crippen molar-refractivity contribution in [1.82, 2.24) is 5.32 Å². The summed E-state index contributed by atoms with van der Waals surface area (Å²) in [5.74, 6) is -0.787. The van der Waals surface area contributed by atoms with Gasteiger partial charge in [-0.2, -0.15) is 0 Å². The predicted molar refractivity (Wildman–Crippen MR) is 69.2 cm³/mol. The molecule has 1 unspecified atom stereocenters. The highest BCUT2D eigenvalue weighted by atomic mass is 32.1. The van der Waals surface area contributed by atoms with Gasteiger partial charge in [-0.1, -0.05) is 13.8 Å². The number of carboxylic acid groups (broad SMARTS) is 1. The van der Waals surface area contributed by atoms with Crippen LogP contribution in [0.2, 0.25) is 0 Å². The fourth-order valence-electron chi connectivity index (χ4n) is 1.70. The van der Waals surface area contributed by atoms with Gasteiger partial charge in [0, 0.05) is 0 Å². The molecule has 2 N–H and O–H groups in total. The summed E-state index contributed by atoms with van der Waals surface area (Å²) in [6.07, 6.45) is 0. The molecule has 0 saturated carbocycles. The van der Waals surface area contributed by atoms with Crippen molar-refractivity contribution in [3.63, 3.8) is 0 Å². The molecule has 2 rings (SSSR count). The van der Waals surface area contributed by atoms with E-state index in [-0.39, 0.29) is 17.4 Å². The van der Waals surface area contributed by atoms with Crippen LogP contribution in [0.4, 0.5) is 0 Å². The maximum atomic E-state index is 12.0. The summed E-state index contributed by atoms with van der Waals surface area (Å²) in [6, 6.07) is 1.52. The van der Waals surface area contributed by atoms with Crippen molar-refractivity contribution in [2.24, 2.45) is 10.9 Å². The molecule has 2 heterocycles. The number of aromatic carboxylic acids is 1. The molecule has 0 aliphatic carbocycles. The van der Waals surface area contributed by atoms with Gasteiger partial charge in [0.2, 0.25) is 0 Å². The number of hydrogen-bond donors (Lipinski definition) is 2. The van der Waals surface area contributed by atoms with E-state index < -0.39 is 11.5 Å². The molecule has 5 nitrogen and oxygen atoms in total. The maximum absolute atomic E-state index is 12.0. The van der Waals surface area contributed by atoms with E-state index in [4.69, 9.17) is 5.11 Å². The Morgan fingerprint density at radius 1 is 1.56 bits per heavy atom. The van der Waals surface area contributed by atoms with Crippen LogP contribution in [0.1, 0.15) is 36.0 Å². The van der Waals surface area contributed by atoms with E-state index in [1.165, 1.54) is 17.4 Å². The molecule has 0 bridgehead atoms. The highest BCUT2D eigenvalue weighted by Gasteiger charge is 2.42. The van der Waals surface area contributed by atoms with E-state index in [9.17, 15) is 9.59 Å². The molecular weight excluding hydrogens is 252 g/mol. The molecule has 1 aliphatic heterocycles. The second kappa shape index (κ2) is 4.20. The fourth-order valence-corrected chi connectivity index (χ4v) is 2.54. The zero-order valence-corrected chi connectivity index (χ0v) is 11.2. The third-order valence-electron chi connectivity index (χ3n) is 3.27. The largest absolute Gasteiger partial charge is 0.478 e. The summed E-state index contributed by atoms with van der Waals surface area (Å²) in [5, 5.41) is 13.4. The van der Waals surface area contributed by atoms with Crippen LogP contribution in [-0.2, 0) is 4.79 Å². The molecule has 0 saturated heterocycles. The fraction of sp³-hybridized carbons (Fsp3) is 0.417. The monoisotopic (exact) mass is 266 g/mol. The van der Waals surface area contributed by atoms with Crippen LogP contribution in [0.5, 0.6) is 0 Å². The van der Waals surface area contributed by atoms with Gasteiger partial charge in [-0.15, -0.1) is 11.3 Å². The van der Waals surface area contributed by atoms with E-state index in [2.05, 4.69) is 10.3 Å². The molecule has 1 amide bonds. The third kappa shape index (κ3) is 1.82. The quantitative estimate of drug-likeness (QED) is 0.874. The number of hydrogen-bond acceptors (Lipinski definition) is 4. The molecule has 96 valence electrons. The number of nitrogens with zero attached hydrogens (tertiary/aromatic N) is 1. The second-order valence-corrected chi connectivity index (χ2v) is 5.60. The number of rotatable bonds is 3. The van der Waals surface area contributed by atoms with Gasteiger partial charge in [0.1, 0.15) is 11.4 Å². The molecular formula is C12H14N2O3S. The van der Waals surface area contributed by atoms with E-state index >= 15 is 0 Å². The van der Waals surface area contributed by atoms with Crippen molar-refractivity contribution in [3.8, 4) is 0 Å². The van der Waals surface area contributed by atoms with E-state index in [0.717, 1.165) is 0 Å². The van der Waals surface area contributed by atoms with Crippen molar-refractivity contribution >= 4 is 29.0 Å². The first-order valence-electron chi connectivity index (χ1n) is 5.58. The molecule has 0 spiro atoms. The zero-order chi connectivity index (χ0) is 13.5. The first-order chi connectivity index (χ1) is 8.36. The minimum atomic E-state index is -1.01. The highest BCUT2D eigenvalue weighted by molar-refractivity contribution is 7.12. The van der Waals surface area contributed by atoms with Crippen molar-refractivity contribution in [3.05, 3.63) is 21.9 Å². The number of aliphatic imine (C=N–C) groups is 1. The van der Waals surface area contributed by atoms with Crippen LogP contribution in [0.15, 0.2) is 16.4 Å². The number of thiophene rings is 1. The molecule has 1 aliphatic rings. The molecule has 1 aromatic heterocycles. The average Bonchev–Trinajstić information content (AvgIpc) is 2.85. The van der Waals surface area contributed by atoms with Gasteiger partial charge >= 0.3 is 5.97 Å². The lowest BCUT2D eigenvalue weighted by Gasteiger charge is -2.21. The summed E-state index contributed by atoms with van der Waals surface area (Å²) in [4.78, 5) is 27.9. The molecule has 0 radical (unpaired) electrons. The summed E-state index contributed by atoms with van der Waals surface area (Å²) in [6.45, 7) is 5.59.